The van der Waals surface area contributed by atoms with E-state index in [1.807, 2.05) is 20.0 Å². The lowest BCUT2D eigenvalue weighted by Crippen LogP contribution is -2.01. The first-order valence-electron chi connectivity index (χ1n) is 4.88. The van der Waals surface area contributed by atoms with Crippen molar-refractivity contribution in [3.05, 3.63) is 23.3 Å². The van der Waals surface area contributed by atoms with Gasteiger partial charge in [0.1, 0.15) is 0 Å². The van der Waals surface area contributed by atoms with Crippen molar-refractivity contribution in [1.29, 1.82) is 0 Å². The number of aromatic nitrogens is 2. The van der Waals surface area contributed by atoms with Gasteiger partial charge in [-0.25, -0.2) is 0 Å². The molecule has 0 bridgehead atoms. The average molecular weight is 178 g/mol. The van der Waals surface area contributed by atoms with Gasteiger partial charge < -0.3 is 0 Å². The lowest BCUT2D eigenvalue weighted by atomic mass is 10.1. The highest BCUT2D eigenvalue weighted by Gasteiger charge is 2.03. The molecule has 0 fully saturated rings. The Bertz CT molecular complexity index is 279. The second kappa shape index (κ2) is 4.35. The first-order valence-corrected chi connectivity index (χ1v) is 4.88. The smallest absolute Gasteiger partial charge is 0.0619 e. The Kier molecular flexibility index (Phi) is 3.40. The minimum absolute atomic E-state index is 0.738. The van der Waals surface area contributed by atoms with Crippen LogP contribution in [0.25, 0.3) is 0 Å². The minimum Gasteiger partial charge on any atom is -0.258 e. The fraction of sp³-hybridized carbons (Fsp3) is 0.636. The van der Waals surface area contributed by atoms with E-state index in [1.165, 1.54) is 6.42 Å². The van der Waals surface area contributed by atoms with Crippen molar-refractivity contribution < 1.29 is 0 Å². The van der Waals surface area contributed by atoms with Crippen molar-refractivity contribution in [1.82, 2.24) is 9.97 Å². The summed E-state index contributed by atoms with van der Waals surface area (Å²) in [6.07, 6.45) is 4.07. The minimum atomic E-state index is 0.738. The van der Waals surface area contributed by atoms with Gasteiger partial charge >= 0.3 is 0 Å². The highest BCUT2D eigenvalue weighted by Crippen LogP contribution is 2.09. The number of rotatable bonds is 3. The highest BCUT2D eigenvalue weighted by atomic mass is 14.8. The molecule has 1 rings (SSSR count). The largest absolute Gasteiger partial charge is 0.258 e. The maximum Gasteiger partial charge on any atom is 0.0619 e. The summed E-state index contributed by atoms with van der Waals surface area (Å²) < 4.78 is 0. The maximum atomic E-state index is 4.48. The monoisotopic (exact) mass is 178 g/mol. The molecule has 0 aromatic carbocycles. The molecule has 1 aromatic heterocycles. The van der Waals surface area contributed by atoms with Gasteiger partial charge in [0.05, 0.1) is 17.1 Å². The molecule has 0 saturated heterocycles. The van der Waals surface area contributed by atoms with Gasteiger partial charge in [-0.1, -0.05) is 13.8 Å². The van der Waals surface area contributed by atoms with E-state index >= 15 is 0 Å². The van der Waals surface area contributed by atoms with Gasteiger partial charge in [-0.05, 0) is 32.6 Å². The summed E-state index contributed by atoms with van der Waals surface area (Å²) in [5.41, 5.74) is 3.25. The molecule has 0 aliphatic carbocycles. The molecule has 0 atom stereocenters. The summed E-state index contributed by atoms with van der Waals surface area (Å²) >= 11 is 0. The molecular formula is C11H18N2. The van der Waals surface area contributed by atoms with Crippen LogP contribution in [0, 0.1) is 19.8 Å². The van der Waals surface area contributed by atoms with Crippen LogP contribution in [0.2, 0.25) is 0 Å². The molecule has 0 saturated carbocycles. The zero-order valence-electron chi connectivity index (χ0n) is 8.96. The third-order valence-electron chi connectivity index (χ3n) is 2.13. The SMILES string of the molecule is Cc1cnc(C)c(CCC(C)C)n1. The number of hydrogen-bond donors (Lipinski definition) is 0. The van der Waals surface area contributed by atoms with E-state index in [0.29, 0.717) is 0 Å². The molecule has 2 heteroatoms. The number of aryl methyl sites for hydroxylation is 3. The van der Waals surface area contributed by atoms with E-state index in [1.54, 1.807) is 0 Å². The van der Waals surface area contributed by atoms with E-state index in [9.17, 15) is 0 Å². The molecule has 0 amide bonds. The van der Waals surface area contributed by atoms with E-state index in [4.69, 9.17) is 0 Å². The zero-order chi connectivity index (χ0) is 9.84. The molecule has 1 aromatic rings. The van der Waals surface area contributed by atoms with Gasteiger partial charge in [-0.2, -0.15) is 0 Å². The first kappa shape index (κ1) is 10.2. The molecule has 13 heavy (non-hydrogen) atoms. The van der Waals surface area contributed by atoms with Crippen molar-refractivity contribution in [2.24, 2.45) is 5.92 Å². The Morgan fingerprint density at radius 3 is 2.62 bits per heavy atom. The quantitative estimate of drug-likeness (QED) is 0.711. The Morgan fingerprint density at radius 1 is 1.31 bits per heavy atom. The summed E-state index contributed by atoms with van der Waals surface area (Å²) in [4.78, 5) is 8.78. The molecule has 0 aliphatic rings. The Morgan fingerprint density at radius 2 is 2.00 bits per heavy atom. The normalized spacial score (nSPS) is 10.8. The van der Waals surface area contributed by atoms with Gasteiger partial charge in [0.25, 0.3) is 0 Å². The van der Waals surface area contributed by atoms with Gasteiger partial charge in [-0.3, -0.25) is 9.97 Å². The zero-order valence-corrected chi connectivity index (χ0v) is 8.96. The van der Waals surface area contributed by atoms with Crippen LogP contribution in [-0.4, -0.2) is 9.97 Å². The van der Waals surface area contributed by atoms with Crippen LogP contribution in [0.15, 0.2) is 6.20 Å². The lowest BCUT2D eigenvalue weighted by Gasteiger charge is -2.06. The molecule has 0 N–H and O–H groups in total. The standard InChI is InChI=1S/C11H18N2/c1-8(2)5-6-11-10(4)12-7-9(3)13-11/h7-8H,5-6H2,1-4H3. The van der Waals surface area contributed by atoms with E-state index in [2.05, 4.69) is 23.8 Å². The van der Waals surface area contributed by atoms with Crippen LogP contribution in [0.3, 0.4) is 0 Å². The Labute approximate surface area is 80.4 Å². The third-order valence-corrected chi connectivity index (χ3v) is 2.13. The molecule has 0 unspecified atom stereocenters. The third kappa shape index (κ3) is 3.13. The highest BCUT2D eigenvalue weighted by molar-refractivity contribution is 5.11. The van der Waals surface area contributed by atoms with Gasteiger partial charge in [0, 0.05) is 6.20 Å². The lowest BCUT2D eigenvalue weighted by molar-refractivity contribution is 0.578. The molecule has 2 nitrogen and oxygen atoms in total. The molecule has 0 spiro atoms. The van der Waals surface area contributed by atoms with E-state index < -0.39 is 0 Å². The van der Waals surface area contributed by atoms with Crippen molar-refractivity contribution in [2.75, 3.05) is 0 Å². The first-order chi connectivity index (χ1) is 6.09. The maximum absolute atomic E-state index is 4.48. The second-order valence-corrected chi connectivity index (χ2v) is 3.98. The summed E-state index contributed by atoms with van der Waals surface area (Å²) in [5, 5.41) is 0. The predicted molar refractivity (Wildman–Crippen MR) is 54.7 cm³/mol. The average Bonchev–Trinajstić information content (AvgIpc) is 2.06. The van der Waals surface area contributed by atoms with Crippen molar-refractivity contribution in [3.63, 3.8) is 0 Å². The topological polar surface area (TPSA) is 25.8 Å². The number of hydrogen-bond acceptors (Lipinski definition) is 2. The van der Waals surface area contributed by atoms with Crippen molar-refractivity contribution in [2.45, 2.75) is 40.5 Å². The summed E-state index contributed by atoms with van der Waals surface area (Å²) in [7, 11) is 0. The van der Waals surface area contributed by atoms with Crippen LogP contribution in [0.4, 0.5) is 0 Å². The van der Waals surface area contributed by atoms with Gasteiger partial charge in [0.2, 0.25) is 0 Å². The summed E-state index contributed by atoms with van der Waals surface area (Å²) in [5.74, 6) is 0.738. The second-order valence-electron chi connectivity index (χ2n) is 3.98. The molecular weight excluding hydrogens is 160 g/mol. The van der Waals surface area contributed by atoms with E-state index in [0.717, 1.165) is 29.4 Å². The molecule has 72 valence electrons. The summed E-state index contributed by atoms with van der Waals surface area (Å²) in [6.45, 7) is 8.49. The van der Waals surface area contributed by atoms with Crippen molar-refractivity contribution in [3.8, 4) is 0 Å². The fourth-order valence-electron chi connectivity index (χ4n) is 1.25. The molecule has 0 aliphatic heterocycles. The van der Waals surface area contributed by atoms with Crippen LogP contribution < -0.4 is 0 Å². The molecule has 1 heterocycles. The number of nitrogens with zero attached hydrogens (tertiary/aromatic N) is 2. The molecule has 0 radical (unpaired) electrons. The van der Waals surface area contributed by atoms with Crippen LogP contribution >= 0.6 is 0 Å². The Balaban J connectivity index is 2.70. The Hall–Kier alpha value is -0.920. The summed E-state index contributed by atoms with van der Waals surface area (Å²) in [6, 6.07) is 0. The van der Waals surface area contributed by atoms with Crippen molar-refractivity contribution >= 4 is 0 Å². The van der Waals surface area contributed by atoms with Gasteiger partial charge in [0.15, 0.2) is 0 Å². The van der Waals surface area contributed by atoms with Crippen LogP contribution in [-0.2, 0) is 6.42 Å². The van der Waals surface area contributed by atoms with E-state index in [-0.39, 0.29) is 0 Å². The van der Waals surface area contributed by atoms with Crippen LogP contribution in [0.5, 0.6) is 0 Å². The predicted octanol–water partition coefficient (Wildman–Crippen LogP) is 2.68. The van der Waals surface area contributed by atoms with Gasteiger partial charge in [-0.15, -0.1) is 0 Å². The van der Waals surface area contributed by atoms with Crippen LogP contribution in [0.1, 0.15) is 37.4 Å². The fourth-order valence-corrected chi connectivity index (χ4v) is 1.25.